The van der Waals surface area contributed by atoms with E-state index in [0.717, 1.165) is 6.07 Å². The van der Waals surface area contributed by atoms with E-state index >= 15 is 0 Å². The van der Waals surface area contributed by atoms with E-state index in [9.17, 15) is 13.6 Å². The predicted molar refractivity (Wildman–Crippen MR) is 47.5 cm³/mol. The zero-order valence-corrected chi connectivity index (χ0v) is 7.98. The molecule has 0 aliphatic rings. The maximum atomic E-state index is 12.5. The number of halogens is 3. The van der Waals surface area contributed by atoms with E-state index in [-0.39, 0.29) is 5.15 Å². The topological polar surface area (TPSA) is 56.0 Å². The molecule has 1 rings (SSSR count). The van der Waals surface area contributed by atoms with Gasteiger partial charge in [-0.2, -0.15) is 0 Å². The molecule has 0 bridgehead atoms. The lowest BCUT2D eigenvalue weighted by Crippen LogP contribution is -2.16. The Balaban J connectivity index is 3.44. The number of nitrogens with two attached hydrogens (primary N) is 1. The molecule has 0 aliphatic carbocycles. The number of aryl methyl sites for hydroxylation is 1. The fourth-order valence-electron chi connectivity index (χ4n) is 1.08. The second kappa shape index (κ2) is 3.88. The molecule has 2 N–H and O–H groups in total. The highest BCUT2D eigenvalue weighted by Crippen LogP contribution is 2.27. The van der Waals surface area contributed by atoms with E-state index in [1.165, 1.54) is 6.92 Å². The van der Waals surface area contributed by atoms with Crippen LogP contribution in [0.4, 0.5) is 8.78 Å². The monoisotopic (exact) mass is 220 g/mol. The molecule has 0 aliphatic heterocycles. The minimum atomic E-state index is -2.79. The van der Waals surface area contributed by atoms with Crippen molar-refractivity contribution < 1.29 is 13.6 Å². The summed E-state index contributed by atoms with van der Waals surface area (Å²) in [6, 6.07) is 1.09. The van der Waals surface area contributed by atoms with Crippen molar-refractivity contribution in [1.82, 2.24) is 4.98 Å². The van der Waals surface area contributed by atoms with Gasteiger partial charge in [0.2, 0.25) is 0 Å². The number of aromatic nitrogens is 1. The van der Waals surface area contributed by atoms with Crippen molar-refractivity contribution in [3.8, 4) is 0 Å². The van der Waals surface area contributed by atoms with Gasteiger partial charge >= 0.3 is 0 Å². The summed E-state index contributed by atoms with van der Waals surface area (Å²) in [6.45, 7) is 1.50. The SMILES string of the molecule is Cc1cc(C(F)F)c(C(N)=O)c(Cl)n1. The van der Waals surface area contributed by atoms with Crippen LogP contribution in [-0.2, 0) is 0 Å². The molecule has 1 amide bonds. The summed E-state index contributed by atoms with van der Waals surface area (Å²) >= 11 is 5.53. The zero-order valence-electron chi connectivity index (χ0n) is 7.22. The quantitative estimate of drug-likeness (QED) is 0.776. The minimum Gasteiger partial charge on any atom is -0.365 e. The molecule has 0 unspecified atom stereocenters. The molecular weight excluding hydrogens is 214 g/mol. The van der Waals surface area contributed by atoms with Crippen LogP contribution in [0.1, 0.15) is 28.0 Å². The maximum absolute atomic E-state index is 12.5. The molecule has 0 atom stereocenters. The summed E-state index contributed by atoms with van der Waals surface area (Å²) in [6.07, 6.45) is -2.79. The van der Waals surface area contributed by atoms with E-state index in [1.54, 1.807) is 0 Å². The van der Waals surface area contributed by atoms with E-state index in [1.807, 2.05) is 0 Å². The van der Waals surface area contributed by atoms with Crippen LogP contribution in [0.15, 0.2) is 6.07 Å². The molecule has 1 aromatic rings. The van der Waals surface area contributed by atoms with E-state index in [2.05, 4.69) is 4.98 Å². The van der Waals surface area contributed by atoms with Gasteiger partial charge in [-0.3, -0.25) is 4.79 Å². The standard InChI is InChI=1S/C8H7ClF2N2O/c1-3-2-4(7(10)11)5(8(12)14)6(9)13-3/h2,7H,1H3,(H2,12,14). The molecule has 0 radical (unpaired) electrons. The number of pyridine rings is 1. The molecule has 0 fully saturated rings. The second-order valence-corrected chi connectivity index (χ2v) is 3.04. The number of primary amides is 1. The summed E-state index contributed by atoms with van der Waals surface area (Å²) in [4.78, 5) is 14.5. The first-order valence-electron chi connectivity index (χ1n) is 3.68. The minimum absolute atomic E-state index is 0.284. The Morgan fingerprint density at radius 1 is 1.64 bits per heavy atom. The largest absolute Gasteiger partial charge is 0.365 e. The van der Waals surface area contributed by atoms with Crippen molar-refractivity contribution in [2.45, 2.75) is 13.3 Å². The van der Waals surface area contributed by atoms with Crippen molar-refractivity contribution in [3.63, 3.8) is 0 Å². The molecule has 0 saturated heterocycles. The summed E-state index contributed by atoms with van der Waals surface area (Å²) in [5, 5.41) is -0.284. The normalized spacial score (nSPS) is 10.6. The van der Waals surface area contributed by atoms with Gasteiger partial charge in [0.05, 0.1) is 5.56 Å². The molecule has 76 valence electrons. The van der Waals surface area contributed by atoms with Gasteiger partial charge in [0, 0.05) is 11.3 Å². The molecule has 0 aromatic carbocycles. The Labute approximate surface area is 83.9 Å². The third kappa shape index (κ3) is 1.98. The Morgan fingerprint density at radius 3 is 2.64 bits per heavy atom. The molecule has 0 spiro atoms. The molecule has 3 nitrogen and oxygen atoms in total. The molecule has 6 heteroatoms. The van der Waals surface area contributed by atoms with Crippen molar-refractivity contribution in [1.29, 1.82) is 0 Å². The molecule has 1 heterocycles. The first-order chi connectivity index (χ1) is 6.43. The number of hydrogen-bond donors (Lipinski definition) is 1. The average molecular weight is 221 g/mol. The third-order valence-corrected chi connectivity index (χ3v) is 1.89. The van der Waals surface area contributed by atoms with Crippen molar-refractivity contribution in [3.05, 3.63) is 28.0 Å². The van der Waals surface area contributed by atoms with Crippen LogP contribution in [-0.4, -0.2) is 10.9 Å². The van der Waals surface area contributed by atoms with Crippen LogP contribution in [0, 0.1) is 6.92 Å². The highest BCUT2D eigenvalue weighted by molar-refractivity contribution is 6.32. The van der Waals surface area contributed by atoms with Gasteiger partial charge in [-0.1, -0.05) is 11.6 Å². The van der Waals surface area contributed by atoms with Gasteiger partial charge in [0.25, 0.3) is 12.3 Å². The highest BCUT2D eigenvalue weighted by Gasteiger charge is 2.21. The lowest BCUT2D eigenvalue weighted by molar-refractivity contribution is 0.0986. The molecule has 1 aromatic heterocycles. The highest BCUT2D eigenvalue weighted by atomic mass is 35.5. The third-order valence-electron chi connectivity index (χ3n) is 1.62. The maximum Gasteiger partial charge on any atom is 0.264 e. The van der Waals surface area contributed by atoms with Gasteiger partial charge < -0.3 is 5.73 Å². The Bertz CT molecular complexity index is 382. The van der Waals surface area contributed by atoms with Gasteiger partial charge in [-0.15, -0.1) is 0 Å². The first-order valence-corrected chi connectivity index (χ1v) is 4.06. The van der Waals surface area contributed by atoms with Crippen molar-refractivity contribution in [2.24, 2.45) is 5.73 Å². The van der Waals surface area contributed by atoms with Crippen LogP contribution in [0.5, 0.6) is 0 Å². The first kappa shape index (κ1) is 10.8. The van der Waals surface area contributed by atoms with Crippen LogP contribution in [0.3, 0.4) is 0 Å². The average Bonchev–Trinajstić information content (AvgIpc) is 2.01. The second-order valence-electron chi connectivity index (χ2n) is 2.68. The fraction of sp³-hybridized carbons (Fsp3) is 0.250. The summed E-state index contributed by atoms with van der Waals surface area (Å²) in [5.41, 5.74) is 4.33. The van der Waals surface area contributed by atoms with Crippen molar-refractivity contribution >= 4 is 17.5 Å². The summed E-state index contributed by atoms with van der Waals surface area (Å²) < 4.78 is 24.9. The number of hydrogen-bond acceptors (Lipinski definition) is 2. The summed E-state index contributed by atoms with van der Waals surface area (Å²) in [5.74, 6) is -1.00. The van der Waals surface area contributed by atoms with E-state index in [0.29, 0.717) is 5.69 Å². The smallest absolute Gasteiger partial charge is 0.264 e. The van der Waals surface area contributed by atoms with E-state index < -0.39 is 23.5 Å². The molecule has 14 heavy (non-hydrogen) atoms. The zero-order chi connectivity index (χ0) is 10.9. The predicted octanol–water partition coefficient (Wildman–Crippen LogP) is 2.08. The van der Waals surface area contributed by atoms with Crippen LogP contribution in [0.2, 0.25) is 5.15 Å². The van der Waals surface area contributed by atoms with Gasteiger partial charge in [-0.05, 0) is 13.0 Å². The number of carbonyl (C=O) groups is 1. The van der Waals surface area contributed by atoms with E-state index in [4.69, 9.17) is 17.3 Å². The number of rotatable bonds is 2. The fourth-order valence-corrected chi connectivity index (χ4v) is 1.41. The lowest BCUT2D eigenvalue weighted by atomic mass is 10.1. The number of amides is 1. The Kier molecular flexibility index (Phi) is 3.00. The number of nitrogens with zero attached hydrogens (tertiary/aromatic N) is 1. The number of carbonyl (C=O) groups excluding carboxylic acids is 1. The van der Waals surface area contributed by atoms with Crippen molar-refractivity contribution in [2.75, 3.05) is 0 Å². The molecule has 0 saturated carbocycles. The number of alkyl halides is 2. The van der Waals surface area contributed by atoms with Crippen LogP contribution < -0.4 is 5.73 Å². The van der Waals surface area contributed by atoms with Crippen LogP contribution in [0.25, 0.3) is 0 Å². The Morgan fingerprint density at radius 2 is 2.21 bits per heavy atom. The Hall–Kier alpha value is -1.23. The molecular formula is C8H7ClF2N2O. The van der Waals surface area contributed by atoms with Gasteiger partial charge in [-0.25, -0.2) is 13.8 Å². The summed E-state index contributed by atoms with van der Waals surface area (Å²) in [7, 11) is 0. The lowest BCUT2D eigenvalue weighted by Gasteiger charge is -2.07. The van der Waals surface area contributed by atoms with Gasteiger partial charge in [0.1, 0.15) is 5.15 Å². The van der Waals surface area contributed by atoms with Crippen LogP contribution >= 0.6 is 11.6 Å². The van der Waals surface area contributed by atoms with Gasteiger partial charge in [0.15, 0.2) is 0 Å².